The van der Waals surface area contributed by atoms with Crippen LogP contribution in [0.3, 0.4) is 0 Å². The molecule has 1 heteroatoms. The molecule has 0 atom stereocenters. The molecule has 0 spiro atoms. The molecule has 16 heavy (non-hydrogen) atoms. The average Bonchev–Trinajstić information content (AvgIpc) is 2.30. The molecule has 0 saturated carbocycles. The summed E-state index contributed by atoms with van der Waals surface area (Å²) in [5.74, 6) is 0. The smallest absolute Gasteiger partial charge is 0.0136 e. The van der Waals surface area contributed by atoms with Crippen molar-refractivity contribution in [1.82, 2.24) is 0 Å². The molecule has 0 amide bonds. The van der Waals surface area contributed by atoms with Gasteiger partial charge in [-0.25, -0.2) is 0 Å². The van der Waals surface area contributed by atoms with E-state index in [0.29, 0.717) is 0 Å². The van der Waals surface area contributed by atoms with Gasteiger partial charge in [0.15, 0.2) is 0 Å². The van der Waals surface area contributed by atoms with Crippen molar-refractivity contribution in [3.05, 3.63) is 57.7 Å². The van der Waals surface area contributed by atoms with Gasteiger partial charge in [0.25, 0.3) is 0 Å². The minimum absolute atomic E-state index is 1.12. The van der Waals surface area contributed by atoms with Gasteiger partial charge < -0.3 is 0 Å². The van der Waals surface area contributed by atoms with E-state index in [0.717, 1.165) is 6.42 Å². The van der Waals surface area contributed by atoms with Gasteiger partial charge in [0.05, 0.1) is 0 Å². The Bertz CT molecular complexity index is 457. The third-order valence-electron chi connectivity index (χ3n) is 2.55. The number of benzene rings is 2. The Morgan fingerprint density at radius 3 is 2.62 bits per heavy atom. The van der Waals surface area contributed by atoms with Gasteiger partial charge in [0.2, 0.25) is 0 Å². The van der Waals surface area contributed by atoms with Gasteiger partial charge in [0, 0.05) is 3.57 Å². The van der Waals surface area contributed by atoms with E-state index in [4.69, 9.17) is 0 Å². The third kappa shape index (κ3) is 2.85. The molecule has 0 saturated heterocycles. The Hall–Kier alpha value is -0.830. The molecule has 0 unspecified atom stereocenters. The van der Waals surface area contributed by atoms with E-state index in [1.807, 2.05) is 0 Å². The predicted molar refractivity (Wildman–Crippen MR) is 77.4 cm³/mol. The summed E-state index contributed by atoms with van der Waals surface area (Å²) in [6, 6.07) is 18.4. The van der Waals surface area contributed by atoms with E-state index in [1.54, 1.807) is 0 Å². The second kappa shape index (κ2) is 5.48. The Morgan fingerprint density at radius 2 is 2.00 bits per heavy atom. The molecule has 0 heterocycles. The fraction of sp³-hybridized carbons (Fsp3) is 0.200. The summed E-state index contributed by atoms with van der Waals surface area (Å²) in [4.78, 5) is 0. The zero-order valence-electron chi connectivity index (χ0n) is 9.33. The second-order valence-corrected chi connectivity index (χ2v) is 5.11. The van der Waals surface area contributed by atoms with Gasteiger partial charge in [-0.2, -0.15) is 0 Å². The van der Waals surface area contributed by atoms with Gasteiger partial charge in [0.1, 0.15) is 0 Å². The standard InChI is InChI=1S/C15H14I/c1-2-4-12-7-9-13(10-8-12)14-5-3-6-15(16)11-14/h3,5-7,9-11H,2,4H2,1H3. The number of rotatable bonds is 3. The third-order valence-corrected chi connectivity index (χ3v) is 3.23. The van der Waals surface area contributed by atoms with Crippen LogP contribution >= 0.6 is 22.6 Å². The van der Waals surface area contributed by atoms with Crippen LogP contribution in [0.15, 0.2) is 42.5 Å². The normalized spacial score (nSPS) is 10.4. The Labute approximate surface area is 111 Å². The highest BCUT2D eigenvalue weighted by Gasteiger charge is 1.98. The molecule has 0 bridgehead atoms. The molecule has 81 valence electrons. The summed E-state index contributed by atoms with van der Waals surface area (Å²) in [5, 5.41) is 0. The molecule has 2 rings (SSSR count). The van der Waals surface area contributed by atoms with E-state index in [-0.39, 0.29) is 0 Å². The van der Waals surface area contributed by atoms with Crippen LogP contribution in [0.1, 0.15) is 18.9 Å². The lowest BCUT2D eigenvalue weighted by molar-refractivity contribution is 0.920. The summed E-state index contributed by atoms with van der Waals surface area (Å²) in [7, 11) is 0. The fourth-order valence-corrected chi connectivity index (χ4v) is 2.27. The summed E-state index contributed by atoms with van der Waals surface area (Å²) < 4.78 is 1.27. The van der Waals surface area contributed by atoms with Crippen LogP contribution in [0.2, 0.25) is 0 Å². The molecule has 2 aromatic rings. The van der Waals surface area contributed by atoms with Gasteiger partial charge >= 0.3 is 0 Å². The molecule has 1 radical (unpaired) electrons. The second-order valence-electron chi connectivity index (χ2n) is 3.86. The quantitative estimate of drug-likeness (QED) is 0.718. The van der Waals surface area contributed by atoms with E-state index in [2.05, 4.69) is 78.0 Å². The van der Waals surface area contributed by atoms with Crippen molar-refractivity contribution in [2.75, 3.05) is 0 Å². The lowest BCUT2D eigenvalue weighted by Crippen LogP contribution is -1.84. The van der Waals surface area contributed by atoms with Crippen LogP contribution < -0.4 is 0 Å². The molecule has 0 aromatic heterocycles. The molecule has 0 fully saturated rings. The first-order valence-electron chi connectivity index (χ1n) is 5.56. The highest BCUT2D eigenvalue weighted by molar-refractivity contribution is 14.1. The van der Waals surface area contributed by atoms with Crippen molar-refractivity contribution in [1.29, 1.82) is 0 Å². The first-order valence-corrected chi connectivity index (χ1v) is 6.64. The van der Waals surface area contributed by atoms with E-state index >= 15 is 0 Å². The number of hydrogen-bond donors (Lipinski definition) is 0. The molecular formula is C15H14I. The highest BCUT2D eigenvalue weighted by atomic mass is 127. The summed E-state index contributed by atoms with van der Waals surface area (Å²) >= 11 is 2.34. The molecular weight excluding hydrogens is 307 g/mol. The SMILES string of the molecule is CCCc1[c]cc(-c2cccc(I)c2)cc1. The topological polar surface area (TPSA) is 0 Å². The largest absolute Gasteiger partial charge is 0.0651 e. The van der Waals surface area contributed by atoms with Crippen LogP contribution in [-0.2, 0) is 6.42 Å². The molecule has 0 aliphatic heterocycles. The summed E-state index contributed by atoms with van der Waals surface area (Å²) in [6.07, 6.45) is 2.30. The number of hydrogen-bond acceptors (Lipinski definition) is 0. The summed E-state index contributed by atoms with van der Waals surface area (Å²) in [6.45, 7) is 2.20. The molecule has 0 aliphatic rings. The zero-order chi connectivity index (χ0) is 11.4. The van der Waals surface area contributed by atoms with Crippen LogP contribution in [0.5, 0.6) is 0 Å². The van der Waals surface area contributed by atoms with Crippen molar-refractivity contribution < 1.29 is 0 Å². The Balaban J connectivity index is 2.27. The lowest BCUT2D eigenvalue weighted by atomic mass is 10.0. The number of halogens is 1. The minimum Gasteiger partial charge on any atom is -0.0651 e. The molecule has 0 N–H and O–H groups in total. The maximum absolute atomic E-state index is 3.35. The maximum atomic E-state index is 3.35. The molecule has 0 nitrogen and oxygen atoms in total. The Morgan fingerprint density at radius 1 is 1.12 bits per heavy atom. The van der Waals surface area contributed by atoms with Gasteiger partial charge in [-0.3, -0.25) is 0 Å². The van der Waals surface area contributed by atoms with Crippen molar-refractivity contribution >= 4 is 22.6 Å². The van der Waals surface area contributed by atoms with Gasteiger partial charge in [-0.15, -0.1) is 0 Å². The van der Waals surface area contributed by atoms with E-state index in [1.165, 1.54) is 26.7 Å². The van der Waals surface area contributed by atoms with Crippen LogP contribution in [-0.4, -0.2) is 0 Å². The van der Waals surface area contributed by atoms with Gasteiger partial charge in [-0.1, -0.05) is 37.6 Å². The van der Waals surface area contributed by atoms with E-state index in [9.17, 15) is 0 Å². The van der Waals surface area contributed by atoms with Crippen LogP contribution in [0.4, 0.5) is 0 Å². The van der Waals surface area contributed by atoms with Crippen molar-refractivity contribution in [2.45, 2.75) is 19.8 Å². The molecule has 2 aromatic carbocycles. The van der Waals surface area contributed by atoms with E-state index < -0.39 is 0 Å². The number of aryl methyl sites for hydroxylation is 1. The predicted octanol–water partition coefficient (Wildman–Crippen LogP) is 4.71. The van der Waals surface area contributed by atoms with Crippen LogP contribution in [0, 0.1) is 9.64 Å². The monoisotopic (exact) mass is 321 g/mol. The lowest BCUT2D eigenvalue weighted by Gasteiger charge is -2.03. The zero-order valence-corrected chi connectivity index (χ0v) is 11.5. The fourth-order valence-electron chi connectivity index (χ4n) is 1.73. The Kier molecular flexibility index (Phi) is 3.99. The highest BCUT2D eigenvalue weighted by Crippen LogP contribution is 2.21. The average molecular weight is 321 g/mol. The van der Waals surface area contributed by atoms with Gasteiger partial charge in [-0.05, 0) is 70.0 Å². The first-order chi connectivity index (χ1) is 7.79. The first kappa shape index (κ1) is 11.6. The molecule has 0 aliphatic carbocycles. The van der Waals surface area contributed by atoms with Crippen molar-refractivity contribution in [3.8, 4) is 11.1 Å². The maximum Gasteiger partial charge on any atom is 0.0136 e. The van der Waals surface area contributed by atoms with Crippen LogP contribution in [0.25, 0.3) is 11.1 Å². The van der Waals surface area contributed by atoms with Crippen molar-refractivity contribution in [3.63, 3.8) is 0 Å². The van der Waals surface area contributed by atoms with Crippen molar-refractivity contribution in [2.24, 2.45) is 0 Å². The minimum atomic E-state index is 1.12. The summed E-state index contributed by atoms with van der Waals surface area (Å²) in [5.41, 5.74) is 3.82.